The molecule has 2 aromatic carbocycles. The number of aryl methyl sites for hydroxylation is 4. The number of anilines is 2. The molecule has 0 fully saturated rings. The van der Waals surface area contributed by atoms with E-state index in [4.69, 9.17) is 25.9 Å². The lowest BCUT2D eigenvalue weighted by Gasteiger charge is -2.13. The van der Waals surface area contributed by atoms with Gasteiger partial charge in [-0.3, -0.25) is 34.5 Å². The number of nitrogens with zero attached hydrogens (tertiary/aromatic N) is 8. The van der Waals surface area contributed by atoms with Crippen molar-refractivity contribution in [3.8, 4) is 11.5 Å². The summed E-state index contributed by atoms with van der Waals surface area (Å²) in [6, 6.07) is 7.72. The van der Waals surface area contributed by atoms with Crippen LogP contribution < -0.4 is 31.6 Å². The summed E-state index contributed by atoms with van der Waals surface area (Å²) in [4.78, 5) is 65.9. The van der Waals surface area contributed by atoms with Gasteiger partial charge in [0.1, 0.15) is 39.7 Å². The van der Waals surface area contributed by atoms with Gasteiger partial charge >= 0.3 is 0 Å². The van der Waals surface area contributed by atoms with Crippen LogP contribution in [0.25, 0.3) is 22.1 Å². The largest absolute Gasteiger partial charge is 0.494 e. The molecule has 0 saturated heterocycles. The van der Waals surface area contributed by atoms with Crippen molar-refractivity contribution in [2.24, 2.45) is 18.5 Å². The lowest BCUT2D eigenvalue weighted by molar-refractivity contribution is 0.0991. The highest BCUT2D eigenvalue weighted by Crippen LogP contribution is 2.33. The molecule has 0 aliphatic heterocycles. The standard InChI is InChI=1S/C39H46N12O7/c1-7-25-33(48(5)22(4)42-25)37(56)46-39-44-27-18-24(35(41)54)20-30(58-15-11-14-52)32(27)50(39)13-10-9-12-49-31-26(17-23(34(40)53)19-29(31)57-6)43-38(49)45-36(55)28-16-21(3)47-51(28)8-2/h9-10,16-20,52H,7-8,11-15H2,1-6H3,(H2,40,53)(H2,41,54)(H,43,45,55)(H,44,46,56)/b10-9+. The van der Waals surface area contributed by atoms with Crippen molar-refractivity contribution >= 4 is 57.6 Å². The molecule has 19 nitrogen and oxygen atoms in total. The van der Waals surface area contributed by atoms with Crippen LogP contribution in [0, 0.1) is 13.8 Å². The van der Waals surface area contributed by atoms with Crippen LogP contribution in [-0.4, -0.2) is 87.5 Å². The van der Waals surface area contributed by atoms with Crippen LogP contribution in [0.5, 0.6) is 11.5 Å². The Labute approximate surface area is 332 Å². The maximum absolute atomic E-state index is 13.9. The number of aliphatic hydroxyl groups is 1. The molecular formula is C39H46N12O7. The maximum atomic E-state index is 13.9. The number of nitrogens with two attached hydrogens (primary N) is 2. The highest BCUT2D eigenvalue weighted by Gasteiger charge is 2.25. The second-order valence-corrected chi connectivity index (χ2v) is 13.4. The Bertz CT molecular complexity index is 2590. The van der Waals surface area contributed by atoms with Crippen molar-refractivity contribution in [2.75, 3.05) is 31.0 Å². The number of aromatic nitrogens is 8. The highest BCUT2D eigenvalue weighted by molar-refractivity contribution is 6.06. The molecule has 0 radical (unpaired) electrons. The molecule has 0 aliphatic rings. The predicted octanol–water partition coefficient (Wildman–Crippen LogP) is 3.24. The summed E-state index contributed by atoms with van der Waals surface area (Å²) in [5.74, 6) is -0.687. The van der Waals surface area contributed by atoms with Gasteiger partial charge in [0.15, 0.2) is 0 Å². The molecule has 4 aromatic heterocycles. The second kappa shape index (κ2) is 17.0. The fourth-order valence-corrected chi connectivity index (χ4v) is 6.67. The van der Waals surface area contributed by atoms with Gasteiger partial charge in [-0.05, 0) is 57.5 Å². The van der Waals surface area contributed by atoms with Crippen LogP contribution in [-0.2, 0) is 33.1 Å². The Morgan fingerprint density at radius 2 is 1.40 bits per heavy atom. The number of rotatable bonds is 17. The smallest absolute Gasteiger partial charge is 0.276 e. The summed E-state index contributed by atoms with van der Waals surface area (Å²) in [6.07, 6.45) is 4.48. The predicted molar refractivity (Wildman–Crippen MR) is 215 cm³/mol. The number of aliphatic hydroxyl groups excluding tert-OH is 1. The van der Waals surface area contributed by atoms with Gasteiger partial charge in [-0.1, -0.05) is 19.1 Å². The van der Waals surface area contributed by atoms with Gasteiger partial charge in [0.05, 0.1) is 36.1 Å². The maximum Gasteiger partial charge on any atom is 0.276 e. The zero-order valence-corrected chi connectivity index (χ0v) is 33.1. The molecule has 0 spiro atoms. The normalized spacial score (nSPS) is 11.5. The first-order valence-corrected chi connectivity index (χ1v) is 18.6. The number of carbonyl (C=O) groups excluding carboxylic acids is 4. The monoisotopic (exact) mass is 794 g/mol. The number of carbonyl (C=O) groups is 4. The number of hydrogen-bond acceptors (Lipinski definition) is 11. The molecular weight excluding hydrogens is 749 g/mol. The number of ether oxygens (including phenoxy) is 2. The molecule has 7 N–H and O–H groups in total. The third kappa shape index (κ3) is 7.97. The quantitative estimate of drug-likeness (QED) is 0.0662. The fourth-order valence-electron chi connectivity index (χ4n) is 6.67. The Balaban J connectivity index is 1.42. The molecule has 4 amide bonds. The van der Waals surface area contributed by atoms with E-state index in [2.05, 4.69) is 25.7 Å². The van der Waals surface area contributed by atoms with Gasteiger partial charge < -0.3 is 39.7 Å². The van der Waals surface area contributed by atoms with E-state index in [1.165, 1.54) is 31.4 Å². The van der Waals surface area contributed by atoms with Crippen LogP contribution in [0.15, 0.2) is 42.5 Å². The second-order valence-electron chi connectivity index (χ2n) is 13.4. The molecule has 0 unspecified atom stereocenters. The van der Waals surface area contributed by atoms with Crippen molar-refractivity contribution < 1.29 is 33.8 Å². The zero-order chi connectivity index (χ0) is 41.8. The summed E-state index contributed by atoms with van der Waals surface area (Å²) in [5.41, 5.74) is 15.2. The number of benzene rings is 2. The first kappa shape index (κ1) is 40.6. The lowest BCUT2D eigenvalue weighted by atomic mass is 10.1. The van der Waals surface area contributed by atoms with E-state index in [9.17, 15) is 24.3 Å². The van der Waals surface area contributed by atoms with Crippen molar-refractivity contribution in [3.63, 3.8) is 0 Å². The van der Waals surface area contributed by atoms with E-state index in [1.807, 2.05) is 32.9 Å². The lowest BCUT2D eigenvalue weighted by Crippen LogP contribution is -2.20. The fraction of sp³-hybridized carbons (Fsp3) is 0.333. The third-order valence-corrected chi connectivity index (χ3v) is 9.53. The average Bonchev–Trinajstić information content (AvgIpc) is 3.93. The molecule has 0 aliphatic carbocycles. The van der Waals surface area contributed by atoms with E-state index in [1.54, 1.807) is 38.4 Å². The van der Waals surface area contributed by atoms with Crippen molar-refractivity contribution in [1.82, 2.24) is 38.4 Å². The molecule has 0 saturated carbocycles. The van der Waals surface area contributed by atoms with Gasteiger partial charge in [0.2, 0.25) is 23.7 Å². The minimum Gasteiger partial charge on any atom is -0.494 e. The minimum atomic E-state index is -0.699. The molecule has 304 valence electrons. The van der Waals surface area contributed by atoms with Crippen LogP contribution in [0.1, 0.15) is 79.2 Å². The first-order chi connectivity index (χ1) is 27.8. The number of imidazole rings is 3. The number of amides is 4. The van der Waals surface area contributed by atoms with Gasteiger partial charge in [0.25, 0.3) is 11.8 Å². The van der Waals surface area contributed by atoms with E-state index >= 15 is 0 Å². The highest BCUT2D eigenvalue weighted by atomic mass is 16.5. The summed E-state index contributed by atoms with van der Waals surface area (Å²) < 4.78 is 18.4. The number of methoxy groups -OCH3 is 1. The van der Waals surface area contributed by atoms with Gasteiger partial charge in [0, 0.05) is 50.8 Å². The minimum absolute atomic E-state index is 0.117. The van der Waals surface area contributed by atoms with Crippen molar-refractivity contribution in [2.45, 2.75) is 60.2 Å². The molecule has 6 aromatic rings. The summed E-state index contributed by atoms with van der Waals surface area (Å²) in [6.45, 7) is 8.16. The molecule has 19 heteroatoms. The van der Waals surface area contributed by atoms with Crippen LogP contribution >= 0.6 is 0 Å². The summed E-state index contributed by atoms with van der Waals surface area (Å²) in [7, 11) is 3.21. The zero-order valence-electron chi connectivity index (χ0n) is 33.1. The number of primary amides is 2. The summed E-state index contributed by atoms with van der Waals surface area (Å²) in [5, 5.41) is 19.7. The van der Waals surface area contributed by atoms with Gasteiger partial charge in [-0.2, -0.15) is 5.10 Å². The molecule has 6 rings (SSSR count). The summed E-state index contributed by atoms with van der Waals surface area (Å²) >= 11 is 0. The Hall–Kier alpha value is -7.02. The Kier molecular flexibility index (Phi) is 11.9. The molecule has 0 atom stereocenters. The first-order valence-electron chi connectivity index (χ1n) is 18.6. The number of hydrogen-bond donors (Lipinski definition) is 5. The Morgan fingerprint density at radius 1 is 0.828 bits per heavy atom. The molecule has 58 heavy (non-hydrogen) atoms. The van der Waals surface area contributed by atoms with Gasteiger partial charge in [-0.15, -0.1) is 0 Å². The van der Waals surface area contributed by atoms with Crippen LogP contribution in [0.3, 0.4) is 0 Å². The number of nitrogens with one attached hydrogen (secondary N) is 2. The Morgan fingerprint density at radius 3 is 1.93 bits per heavy atom. The van der Waals surface area contributed by atoms with Crippen LogP contribution in [0.4, 0.5) is 11.9 Å². The van der Waals surface area contributed by atoms with E-state index < -0.39 is 23.6 Å². The number of allylic oxidation sites excluding steroid dienone is 2. The topological polar surface area (TPSA) is 254 Å². The van der Waals surface area contributed by atoms with Crippen molar-refractivity contribution in [1.29, 1.82) is 0 Å². The van der Waals surface area contributed by atoms with E-state index in [0.29, 0.717) is 75.8 Å². The number of fused-ring (bicyclic) bond motifs is 2. The molecule has 4 heterocycles. The van der Waals surface area contributed by atoms with Gasteiger partial charge in [-0.25, -0.2) is 15.0 Å². The van der Waals surface area contributed by atoms with E-state index in [0.717, 1.165) is 0 Å². The third-order valence-electron chi connectivity index (χ3n) is 9.53. The van der Waals surface area contributed by atoms with Crippen LogP contribution in [0.2, 0.25) is 0 Å². The van der Waals surface area contributed by atoms with E-state index in [-0.39, 0.29) is 55.1 Å². The van der Waals surface area contributed by atoms with Crippen molar-refractivity contribution in [3.05, 3.63) is 82.2 Å². The molecule has 0 bridgehead atoms. The average molecular weight is 795 g/mol. The SMILES string of the molecule is CCc1nc(C)n(C)c1C(=O)Nc1nc2cc(C(N)=O)cc(OCCCO)c2n1C/C=C/Cn1c(NC(=O)c2cc(C)nn2CC)nc2cc(C(N)=O)cc(OC)c21.